The fourth-order valence-electron chi connectivity index (χ4n) is 4.25. The largest absolute Gasteiger partial charge is 0.341 e. The van der Waals surface area contributed by atoms with E-state index in [-0.39, 0.29) is 24.7 Å². The molecule has 1 aromatic carbocycles. The Bertz CT molecular complexity index is 1420. The maximum absolute atomic E-state index is 12.9. The maximum atomic E-state index is 12.9. The first-order valence-corrected chi connectivity index (χ1v) is 13.5. The Balaban J connectivity index is 0.00000289. The smallest absolute Gasteiger partial charge is 0.263 e. The zero-order valence-corrected chi connectivity index (χ0v) is 20.5. The molecule has 34 heavy (non-hydrogen) atoms. The molecular formula is C23H24ClN5O3S2. The quantitative estimate of drug-likeness (QED) is 0.403. The molecule has 0 atom stereocenters. The number of aromatic nitrogens is 3. The van der Waals surface area contributed by atoms with Crippen molar-refractivity contribution in [2.24, 2.45) is 0 Å². The van der Waals surface area contributed by atoms with Gasteiger partial charge in [0.15, 0.2) is 5.13 Å². The molecule has 8 nitrogen and oxygen atoms in total. The molecule has 0 radical (unpaired) electrons. The molecule has 1 amide bonds. The molecule has 1 N–H and O–H groups in total. The topological polar surface area (TPSA) is 97.2 Å². The van der Waals surface area contributed by atoms with E-state index in [0.717, 1.165) is 29.4 Å². The minimum Gasteiger partial charge on any atom is -0.341 e. The number of fused-ring (bicyclic) bond motifs is 1. The average Bonchev–Trinajstić information content (AvgIpc) is 3.48. The number of pyridine rings is 1. The lowest BCUT2D eigenvalue weighted by molar-refractivity contribution is -0.132. The zero-order valence-electron chi connectivity index (χ0n) is 18.1. The van der Waals surface area contributed by atoms with Crippen LogP contribution in [0.4, 0.5) is 5.13 Å². The number of halogens is 1. The fraction of sp³-hybridized carbons (Fsp3) is 0.261. The first-order valence-electron chi connectivity index (χ1n) is 10.8. The van der Waals surface area contributed by atoms with E-state index >= 15 is 0 Å². The number of anilines is 1. The molecule has 1 aliphatic heterocycles. The summed E-state index contributed by atoms with van der Waals surface area (Å²) in [7, 11) is -3.66. The number of carbonyl (C=O) groups is 1. The molecule has 0 unspecified atom stereocenters. The number of nitrogens with one attached hydrogen (secondary N) is 1. The first kappa shape index (κ1) is 22.8. The van der Waals surface area contributed by atoms with Gasteiger partial charge < -0.3 is 9.47 Å². The average molecular weight is 518 g/mol. The van der Waals surface area contributed by atoms with Gasteiger partial charge in [-0.1, -0.05) is 23.7 Å². The van der Waals surface area contributed by atoms with E-state index in [4.69, 9.17) is 11.6 Å². The van der Waals surface area contributed by atoms with Gasteiger partial charge in [-0.2, -0.15) is 0 Å². The van der Waals surface area contributed by atoms with Crippen LogP contribution < -0.4 is 4.72 Å². The molecule has 1 saturated heterocycles. The third-order valence-corrected chi connectivity index (χ3v) is 8.42. The van der Waals surface area contributed by atoms with Gasteiger partial charge in [-0.3, -0.25) is 9.52 Å². The Morgan fingerprint density at radius 2 is 1.94 bits per heavy atom. The van der Waals surface area contributed by atoms with E-state index in [9.17, 15) is 13.2 Å². The standard InChI is InChI=1S/C23H22ClN5O3S2.H2/c24-19-13-18-7-11-29(22(18)26-14-19)15-21(30)28-9-5-17(6-10-28)16-1-3-20(4-2-16)34(31,32)27-23-25-8-12-33-23;/h1-4,7-8,11-14,17H,5-6,9-10,15H2,(H,25,27);1H. The van der Waals surface area contributed by atoms with Gasteiger partial charge in [0.05, 0.1) is 9.92 Å². The molecule has 178 valence electrons. The van der Waals surface area contributed by atoms with Gasteiger partial charge in [-0.05, 0) is 48.6 Å². The molecule has 4 heterocycles. The lowest BCUT2D eigenvalue weighted by atomic mass is 9.89. The predicted octanol–water partition coefficient (Wildman–Crippen LogP) is 4.60. The molecule has 5 rings (SSSR count). The molecule has 1 fully saturated rings. The summed E-state index contributed by atoms with van der Waals surface area (Å²) in [6, 6.07) is 10.7. The number of hydrogen-bond acceptors (Lipinski definition) is 6. The van der Waals surface area contributed by atoms with Gasteiger partial charge in [0.2, 0.25) is 5.91 Å². The van der Waals surface area contributed by atoms with Crippen LogP contribution in [0.25, 0.3) is 11.0 Å². The van der Waals surface area contributed by atoms with Gasteiger partial charge in [0.25, 0.3) is 10.0 Å². The SMILES string of the molecule is O=C(Cn1ccc2cc(Cl)cnc21)N1CCC(c2ccc(S(=O)(=O)Nc3nccs3)cc2)CC1.[HH]. The van der Waals surface area contributed by atoms with E-state index < -0.39 is 10.0 Å². The van der Waals surface area contributed by atoms with Gasteiger partial charge in [0, 0.05) is 43.9 Å². The molecule has 11 heteroatoms. The summed E-state index contributed by atoms with van der Waals surface area (Å²) in [6.45, 7) is 1.56. The van der Waals surface area contributed by atoms with Crippen LogP contribution >= 0.6 is 22.9 Å². The number of amides is 1. The Morgan fingerprint density at radius 3 is 2.65 bits per heavy atom. The second-order valence-corrected chi connectivity index (χ2v) is 11.2. The fourth-order valence-corrected chi connectivity index (χ4v) is 6.21. The lowest BCUT2D eigenvalue weighted by Crippen LogP contribution is -2.39. The van der Waals surface area contributed by atoms with E-state index in [0.29, 0.717) is 23.2 Å². The molecular weight excluding hydrogens is 494 g/mol. The third-order valence-electron chi connectivity index (χ3n) is 6.04. The highest BCUT2D eigenvalue weighted by Crippen LogP contribution is 2.29. The van der Waals surface area contributed by atoms with Gasteiger partial charge in [0.1, 0.15) is 12.2 Å². The van der Waals surface area contributed by atoms with Crippen LogP contribution in [0.3, 0.4) is 0 Å². The Hall–Kier alpha value is -2.95. The Labute approximate surface area is 207 Å². The minimum absolute atomic E-state index is 0. The third kappa shape index (κ3) is 4.79. The number of benzene rings is 1. The molecule has 4 aromatic rings. The van der Waals surface area contributed by atoms with E-state index in [2.05, 4.69) is 14.7 Å². The van der Waals surface area contributed by atoms with E-state index in [1.807, 2.05) is 39.9 Å². The highest BCUT2D eigenvalue weighted by atomic mass is 35.5. The minimum atomic E-state index is -3.66. The zero-order chi connectivity index (χ0) is 23.7. The lowest BCUT2D eigenvalue weighted by Gasteiger charge is -2.32. The van der Waals surface area contributed by atoms with Crippen LogP contribution in [0, 0.1) is 0 Å². The summed E-state index contributed by atoms with van der Waals surface area (Å²) in [5, 5.41) is 3.53. The number of carbonyl (C=O) groups excluding carboxylic acids is 1. The number of thiazole rings is 1. The van der Waals surface area contributed by atoms with Crippen molar-refractivity contribution in [2.45, 2.75) is 30.2 Å². The van der Waals surface area contributed by atoms with Gasteiger partial charge >= 0.3 is 0 Å². The van der Waals surface area contributed by atoms with Crippen molar-refractivity contribution < 1.29 is 14.6 Å². The van der Waals surface area contributed by atoms with Gasteiger partial charge in [-0.15, -0.1) is 11.3 Å². The molecule has 1 aliphatic rings. The van der Waals surface area contributed by atoms with Crippen LogP contribution in [-0.2, 0) is 21.4 Å². The summed E-state index contributed by atoms with van der Waals surface area (Å²) in [6.07, 6.45) is 6.65. The summed E-state index contributed by atoms with van der Waals surface area (Å²) in [5.41, 5.74) is 1.82. The monoisotopic (exact) mass is 517 g/mol. The van der Waals surface area contributed by atoms with Crippen molar-refractivity contribution in [3.63, 3.8) is 0 Å². The highest BCUT2D eigenvalue weighted by Gasteiger charge is 2.25. The number of hydrogen-bond donors (Lipinski definition) is 1. The maximum Gasteiger partial charge on any atom is 0.263 e. The summed E-state index contributed by atoms with van der Waals surface area (Å²) in [5.74, 6) is 0.339. The van der Waals surface area contributed by atoms with Gasteiger partial charge in [-0.25, -0.2) is 18.4 Å². The van der Waals surface area contributed by atoms with E-state index in [1.54, 1.807) is 29.9 Å². The highest BCUT2D eigenvalue weighted by molar-refractivity contribution is 7.93. The van der Waals surface area contributed by atoms with E-state index in [1.165, 1.54) is 11.3 Å². The summed E-state index contributed by atoms with van der Waals surface area (Å²) >= 11 is 7.23. The summed E-state index contributed by atoms with van der Waals surface area (Å²) in [4.78, 5) is 23.3. The number of sulfonamides is 1. The van der Waals surface area contributed by atoms with Crippen molar-refractivity contribution in [2.75, 3.05) is 17.8 Å². The molecule has 0 spiro atoms. The van der Waals surface area contributed by atoms with Crippen LogP contribution in [0.15, 0.2) is 65.3 Å². The van der Waals surface area contributed by atoms with Crippen molar-refractivity contribution in [3.8, 4) is 0 Å². The summed E-state index contributed by atoms with van der Waals surface area (Å²) < 4.78 is 29.4. The predicted molar refractivity (Wildman–Crippen MR) is 135 cm³/mol. The molecule has 0 aliphatic carbocycles. The first-order chi connectivity index (χ1) is 16.4. The van der Waals surface area contributed by atoms with Crippen LogP contribution in [0.1, 0.15) is 25.7 Å². The van der Waals surface area contributed by atoms with Crippen molar-refractivity contribution in [3.05, 3.63) is 71.0 Å². The molecule has 3 aromatic heterocycles. The Morgan fingerprint density at radius 1 is 1.18 bits per heavy atom. The van der Waals surface area contributed by atoms with Crippen LogP contribution in [-0.4, -0.2) is 46.8 Å². The Kier molecular flexibility index (Phi) is 6.28. The molecule has 0 saturated carbocycles. The van der Waals surface area contributed by atoms with Crippen LogP contribution in [0.2, 0.25) is 5.02 Å². The second-order valence-electron chi connectivity index (χ2n) is 8.18. The number of piperidine rings is 1. The van der Waals surface area contributed by atoms with Crippen molar-refractivity contribution in [1.82, 2.24) is 19.4 Å². The number of likely N-dealkylation sites (tertiary alicyclic amines) is 1. The number of nitrogens with zero attached hydrogens (tertiary/aromatic N) is 4. The van der Waals surface area contributed by atoms with Crippen LogP contribution in [0.5, 0.6) is 0 Å². The van der Waals surface area contributed by atoms with Crippen molar-refractivity contribution in [1.29, 1.82) is 0 Å². The number of rotatable bonds is 6. The van der Waals surface area contributed by atoms with Crippen molar-refractivity contribution >= 4 is 55.0 Å². The second kappa shape index (κ2) is 9.36. The normalized spacial score (nSPS) is 15.0. The molecule has 0 bridgehead atoms.